The lowest BCUT2D eigenvalue weighted by atomic mass is 10.2. The highest BCUT2D eigenvalue weighted by Crippen LogP contribution is 2.12. The molecule has 1 heterocycles. The van der Waals surface area contributed by atoms with Gasteiger partial charge in [-0.05, 0) is 29.8 Å². The smallest absolute Gasteiger partial charge is 0.354 e. The number of aromatic nitrogens is 1. The minimum atomic E-state index is -1.07. The molecule has 0 spiro atoms. The highest BCUT2D eigenvalue weighted by Gasteiger charge is 2.04. The van der Waals surface area contributed by atoms with Crippen LogP contribution >= 0.6 is 0 Å². The summed E-state index contributed by atoms with van der Waals surface area (Å²) in [5.74, 6) is -0.576. The van der Waals surface area contributed by atoms with Crippen molar-refractivity contribution >= 4 is 5.97 Å². The minimum Gasteiger partial charge on any atom is -0.487 e. The third kappa shape index (κ3) is 3.30. The first kappa shape index (κ1) is 12.6. The van der Waals surface area contributed by atoms with Crippen LogP contribution in [0.5, 0.6) is 5.75 Å². The van der Waals surface area contributed by atoms with Gasteiger partial charge < -0.3 is 9.84 Å². The van der Waals surface area contributed by atoms with Crippen LogP contribution in [0.15, 0.2) is 42.6 Å². The molecule has 1 N–H and O–H groups in total. The maximum absolute atomic E-state index is 10.6. The molecule has 5 heteroatoms. The number of hydrogen-bond donors (Lipinski definition) is 1. The van der Waals surface area contributed by atoms with Crippen molar-refractivity contribution in [2.75, 3.05) is 0 Å². The van der Waals surface area contributed by atoms with E-state index in [2.05, 4.69) is 4.98 Å². The van der Waals surface area contributed by atoms with Gasteiger partial charge in [-0.1, -0.05) is 12.1 Å². The van der Waals surface area contributed by atoms with Crippen LogP contribution in [0.2, 0.25) is 0 Å². The van der Waals surface area contributed by atoms with Crippen molar-refractivity contribution in [3.05, 3.63) is 59.4 Å². The lowest BCUT2D eigenvalue weighted by molar-refractivity contribution is 0.0690. The number of ether oxygens (including phenoxy) is 1. The van der Waals surface area contributed by atoms with Gasteiger partial charge in [-0.15, -0.1) is 0 Å². The van der Waals surface area contributed by atoms with E-state index in [4.69, 9.17) is 15.1 Å². The van der Waals surface area contributed by atoms with E-state index in [0.717, 1.165) is 5.56 Å². The Balaban J connectivity index is 1.98. The lowest BCUT2D eigenvalue weighted by Crippen LogP contribution is -2.01. The number of rotatable bonds is 4. The summed E-state index contributed by atoms with van der Waals surface area (Å²) in [4.78, 5) is 14.4. The fourth-order valence-corrected chi connectivity index (χ4v) is 1.43. The van der Waals surface area contributed by atoms with Gasteiger partial charge in [0.05, 0.1) is 17.8 Å². The van der Waals surface area contributed by atoms with Gasteiger partial charge in [0.25, 0.3) is 0 Å². The Morgan fingerprint density at radius 1 is 1.26 bits per heavy atom. The second kappa shape index (κ2) is 5.65. The fourth-order valence-electron chi connectivity index (χ4n) is 1.43. The van der Waals surface area contributed by atoms with Crippen molar-refractivity contribution in [1.82, 2.24) is 4.98 Å². The molecule has 0 unspecified atom stereocenters. The van der Waals surface area contributed by atoms with Gasteiger partial charge in [0.15, 0.2) is 0 Å². The summed E-state index contributed by atoms with van der Waals surface area (Å²) in [6.07, 6.45) is 1.37. The largest absolute Gasteiger partial charge is 0.487 e. The summed E-state index contributed by atoms with van der Waals surface area (Å²) in [6.45, 7) is 0.333. The zero-order valence-corrected chi connectivity index (χ0v) is 9.91. The van der Waals surface area contributed by atoms with E-state index in [1.807, 2.05) is 6.07 Å². The van der Waals surface area contributed by atoms with E-state index in [1.165, 1.54) is 12.3 Å². The minimum absolute atomic E-state index is 0.0225. The first-order chi connectivity index (χ1) is 9.19. The first-order valence-electron chi connectivity index (χ1n) is 5.50. The monoisotopic (exact) mass is 254 g/mol. The molecular formula is C14H10N2O3. The number of pyridine rings is 1. The van der Waals surface area contributed by atoms with Gasteiger partial charge in [-0.2, -0.15) is 5.26 Å². The second-order valence-electron chi connectivity index (χ2n) is 3.78. The van der Waals surface area contributed by atoms with E-state index >= 15 is 0 Å². The average molecular weight is 254 g/mol. The SMILES string of the molecule is N#Cc1ccc(COc2ccc(C(=O)O)nc2)cc1. The van der Waals surface area contributed by atoms with Crippen LogP contribution in [0.25, 0.3) is 0 Å². The van der Waals surface area contributed by atoms with Crippen molar-refractivity contribution in [2.24, 2.45) is 0 Å². The molecule has 0 atom stereocenters. The van der Waals surface area contributed by atoms with E-state index in [0.29, 0.717) is 17.9 Å². The predicted molar refractivity (Wildman–Crippen MR) is 66.7 cm³/mol. The fraction of sp³-hybridized carbons (Fsp3) is 0.0714. The molecular weight excluding hydrogens is 244 g/mol. The quantitative estimate of drug-likeness (QED) is 0.904. The zero-order valence-electron chi connectivity index (χ0n) is 9.91. The van der Waals surface area contributed by atoms with E-state index < -0.39 is 5.97 Å². The van der Waals surface area contributed by atoms with Crippen molar-refractivity contribution in [2.45, 2.75) is 6.61 Å². The summed E-state index contributed by atoms with van der Waals surface area (Å²) in [6, 6.07) is 12.0. The summed E-state index contributed by atoms with van der Waals surface area (Å²) < 4.78 is 5.46. The van der Waals surface area contributed by atoms with Crippen molar-refractivity contribution in [3.8, 4) is 11.8 Å². The summed E-state index contributed by atoms with van der Waals surface area (Å²) in [5.41, 5.74) is 1.49. The molecule has 94 valence electrons. The average Bonchev–Trinajstić information content (AvgIpc) is 2.46. The van der Waals surface area contributed by atoms with Gasteiger partial charge in [0.1, 0.15) is 18.1 Å². The molecule has 0 aliphatic carbocycles. The number of carboxylic acid groups (broad SMARTS) is 1. The molecule has 1 aromatic carbocycles. The summed E-state index contributed by atoms with van der Waals surface area (Å²) in [5, 5.41) is 17.4. The van der Waals surface area contributed by atoms with E-state index in [1.54, 1.807) is 30.3 Å². The number of aromatic carboxylic acids is 1. The number of hydrogen-bond acceptors (Lipinski definition) is 4. The molecule has 2 rings (SSSR count). The van der Waals surface area contributed by atoms with Gasteiger partial charge in [0.2, 0.25) is 0 Å². The highest BCUT2D eigenvalue weighted by atomic mass is 16.5. The topological polar surface area (TPSA) is 83.2 Å². The van der Waals surface area contributed by atoms with Crippen LogP contribution in [0, 0.1) is 11.3 Å². The number of carbonyl (C=O) groups is 1. The van der Waals surface area contributed by atoms with Crippen molar-refractivity contribution in [1.29, 1.82) is 5.26 Å². The Bertz CT molecular complexity index is 613. The molecule has 5 nitrogen and oxygen atoms in total. The number of benzene rings is 1. The van der Waals surface area contributed by atoms with Gasteiger partial charge in [-0.25, -0.2) is 9.78 Å². The molecule has 0 bridgehead atoms. The standard InChI is InChI=1S/C14H10N2O3/c15-7-10-1-3-11(4-2-10)9-19-12-5-6-13(14(17)18)16-8-12/h1-6,8H,9H2,(H,17,18). The normalized spacial score (nSPS) is 9.63. The Kier molecular flexibility index (Phi) is 3.74. The Morgan fingerprint density at radius 2 is 2.00 bits per heavy atom. The highest BCUT2D eigenvalue weighted by molar-refractivity contribution is 5.85. The molecule has 0 saturated carbocycles. The van der Waals surface area contributed by atoms with Crippen LogP contribution < -0.4 is 4.74 Å². The summed E-state index contributed by atoms with van der Waals surface area (Å²) >= 11 is 0. The molecule has 0 amide bonds. The Hall–Kier alpha value is -2.87. The zero-order chi connectivity index (χ0) is 13.7. The molecule has 0 aliphatic heterocycles. The molecule has 0 saturated heterocycles. The van der Waals surface area contributed by atoms with Crippen molar-refractivity contribution in [3.63, 3.8) is 0 Å². The number of nitrogens with zero attached hydrogens (tertiary/aromatic N) is 2. The van der Waals surface area contributed by atoms with Gasteiger partial charge in [-0.3, -0.25) is 0 Å². The van der Waals surface area contributed by atoms with Crippen LogP contribution in [0.1, 0.15) is 21.6 Å². The number of carboxylic acids is 1. The maximum atomic E-state index is 10.6. The Morgan fingerprint density at radius 3 is 2.53 bits per heavy atom. The van der Waals surface area contributed by atoms with Gasteiger partial charge >= 0.3 is 5.97 Å². The van der Waals surface area contributed by atoms with Crippen LogP contribution in [0.4, 0.5) is 0 Å². The molecule has 0 radical (unpaired) electrons. The summed E-state index contributed by atoms with van der Waals surface area (Å²) in [7, 11) is 0. The van der Waals surface area contributed by atoms with E-state index in [9.17, 15) is 4.79 Å². The molecule has 0 aliphatic rings. The van der Waals surface area contributed by atoms with Crippen LogP contribution in [-0.2, 0) is 6.61 Å². The maximum Gasteiger partial charge on any atom is 0.354 e. The first-order valence-corrected chi connectivity index (χ1v) is 5.50. The molecule has 2 aromatic rings. The third-order valence-corrected chi connectivity index (χ3v) is 2.44. The molecule has 1 aromatic heterocycles. The molecule has 19 heavy (non-hydrogen) atoms. The Labute approximate surface area is 109 Å². The van der Waals surface area contributed by atoms with Crippen molar-refractivity contribution < 1.29 is 14.6 Å². The van der Waals surface area contributed by atoms with Crippen LogP contribution in [0.3, 0.4) is 0 Å². The third-order valence-electron chi connectivity index (χ3n) is 2.44. The second-order valence-corrected chi connectivity index (χ2v) is 3.78. The van der Waals surface area contributed by atoms with Crippen LogP contribution in [-0.4, -0.2) is 16.1 Å². The van der Waals surface area contributed by atoms with E-state index in [-0.39, 0.29) is 5.69 Å². The van der Waals surface area contributed by atoms with Gasteiger partial charge in [0, 0.05) is 0 Å². The molecule has 0 fully saturated rings. The lowest BCUT2D eigenvalue weighted by Gasteiger charge is -2.06. The number of nitriles is 1. The predicted octanol–water partition coefficient (Wildman–Crippen LogP) is 2.23.